The van der Waals surface area contributed by atoms with Gasteiger partial charge in [-0.15, -0.1) is 0 Å². The SMILES string of the molecule is N#Cc1cccc(NC(=O)CCNc2ccc3c(c2)OCCO3)c1. The highest BCUT2D eigenvalue weighted by atomic mass is 16.6. The minimum atomic E-state index is -0.116. The van der Waals surface area contributed by atoms with Gasteiger partial charge in [-0.05, 0) is 30.3 Å². The van der Waals surface area contributed by atoms with Crippen LogP contribution in [0, 0.1) is 11.3 Å². The summed E-state index contributed by atoms with van der Waals surface area (Å²) in [5.41, 5.74) is 2.01. The number of benzene rings is 2. The Balaban J connectivity index is 1.49. The number of fused-ring (bicyclic) bond motifs is 1. The smallest absolute Gasteiger partial charge is 0.226 e. The highest BCUT2D eigenvalue weighted by Gasteiger charge is 2.11. The van der Waals surface area contributed by atoms with Crippen molar-refractivity contribution < 1.29 is 14.3 Å². The molecular weight excluding hydrogens is 306 g/mol. The molecule has 2 aromatic rings. The van der Waals surface area contributed by atoms with Crippen LogP contribution in [0.25, 0.3) is 0 Å². The fourth-order valence-corrected chi connectivity index (χ4v) is 2.36. The monoisotopic (exact) mass is 323 g/mol. The summed E-state index contributed by atoms with van der Waals surface area (Å²) in [6, 6.07) is 14.5. The van der Waals surface area contributed by atoms with Crippen molar-refractivity contribution in [1.82, 2.24) is 0 Å². The van der Waals surface area contributed by atoms with Crippen LogP contribution >= 0.6 is 0 Å². The minimum Gasteiger partial charge on any atom is -0.486 e. The van der Waals surface area contributed by atoms with Gasteiger partial charge in [0.25, 0.3) is 0 Å². The molecule has 0 aromatic heterocycles. The third-order valence-electron chi connectivity index (χ3n) is 3.50. The van der Waals surface area contributed by atoms with Crippen LogP contribution in [0.15, 0.2) is 42.5 Å². The standard InChI is InChI=1S/C18H17N3O3/c19-12-13-2-1-3-15(10-13)21-18(22)6-7-20-14-4-5-16-17(11-14)24-9-8-23-16/h1-5,10-11,20H,6-9H2,(H,21,22). The molecular formula is C18H17N3O3. The zero-order valence-electron chi connectivity index (χ0n) is 13.0. The highest BCUT2D eigenvalue weighted by molar-refractivity contribution is 5.91. The van der Waals surface area contributed by atoms with Crippen molar-refractivity contribution in [1.29, 1.82) is 5.26 Å². The molecule has 0 aliphatic carbocycles. The molecule has 1 aliphatic rings. The average molecular weight is 323 g/mol. The van der Waals surface area contributed by atoms with Gasteiger partial charge in [-0.3, -0.25) is 4.79 Å². The maximum atomic E-state index is 12.0. The average Bonchev–Trinajstić information content (AvgIpc) is 2.62. The molecule has 3 rings (SSSR count). The van der Waals surface area contributed by atoms with Gasteiger partial charge in [0.05, 0.1) is 11.6 Å². The molecule has 0 atom stereocenters. The van der Waals surface area contributed by atoms with E-state index in [1.165, 1.54) is 0 Å². The first-order chi connectivity index (χ1) is 11.7. The van der Waals surface area contributed by atoms with Crippen LogP contribution in [-0.2, 0) is 4.79 Å². The van der Waals surface area contributed by atoms with Crippen LogP contribution in [0.4, 0.5) is 11.4 Å². The maximum absolute atomic E-state index is 12.0. The molecule has 6 heteroatoms. The van der Waals surface area contributed by atoms with Gasteiger partial charge in [0.15, 0.2) is 11.5 Å². The van der Waals surface area contributed by atoms with Crippen molar-refractivity contribution in [3.8, 4) is 17.6 Å². The molecule has 0 unspecified atom stereocenters. The summed E-state index contributed by atoms with van der Waals surface area (Å²) in [6.45, 7) is 1.59. The summed E-state index contributed by atoms with van der Waals surface area (Å²) in [4.78, 5) is 12.0. The van der Waals surface area contributed by atoms with Crippen molar-refractivity contribution in [2.45, 2.75) is 6.42 Å². The molecule has 1 heterocycles. The van der Waals surface area contributed by atoms with Gasteiger partial charge in [-0.2, -0.15) is 5.26 Å². The molecule has 24 heavy (non-hydrogen) atoms. The second-order valence-corrected chi connectivity index (χ2v) is 5.28. The lowest BCUT2D eigenvalue weighted by molar-refractivity contribution is -0.115. The first-order valence-corrected chi connectivity index (χ1v) is 7.68. The number of carbonyl (C=O) groups is 1. The van der Waals surface area contributed by atoms with Crippen molar-refractivity contribution >= 4 is 17.3 Å². The van der Waals surface area contributed by atoms with E-state index in [0.29, 0.717) is 43.2 Å². The predicted octanol–water partition coefficient (Wildman–Crippen LogP) is 2.77. The Kier molecular flexibility index (Phi) is 4.82. The van der Waals surface area contributed by atoms with E-state index in [1.807, 2.05) is 24.3 Å². The number of amides is 1. The largest absolute Gasteiger partial charge is 0.486 e. The fraction of sp³-hybridized carbons (Fsp3) is 0.222. The van der Waals surface area contributed by atoms with Gasteiger partial charge >= 0.3 is 0 Å². The Morgan fingerprint density at radius 2 is 1.92 bits per heavy atom. The number of carbonyl (C=O) groups excluding carboxylic acids is 1. The van der Waals surface area contributed by atoms with Gasteiger partial charge in [0.1, 0.15) is 13.2 Å². The first kappa shape index (κ1) is 15.7. The fourth-order valence-electron chi connectivity index (χ4n) is 2.36. The van der Waals surface area contributed by atoms with Crippen molar-refractivity contribution in [2.75, 3.05) is 30.4 Å². The van der Waals surface area contributed by atoms with Gasteiger partial charge in [-0.25, -0.2) is 0 Å². The summed E-state index contributed by atoms with van der Waals surface area (Å²) in [5, 5.41) is 14.8. The molecule has 2 aromatic carbocycles. The van der Waals surface area contributed by atoms with E-state index in [-0.39, 0.29) is 5.91 Å². The molecule has 0 radical (unpaired) electrons. The van der Waals surface area contributed by atoms with E-state index in [9.17, 15) is 4.79 Å². The number of hydrogen-bond acceptors (Lipinski definition) is 5. The maximum Gasteiger partial charge on any atom is 0.226 e. The second kappa shape index (κ2) is 7.38. The molecule has 0 bridgehead atoms. The number of anilines is 2. The number of nitrogens with one attached hydrogen (secondary N) is 2. The van der Waals surface area contributed by atoms with Crippen LogP contribution in [0.1, 0.15) is 12.0 Å². The third kappa shape index (κ3) is 3.96. The Hall–Kier alpha value is -3.20. The third-order valence-corrected chi connectivity index (χ3v) is 3.50. The van der Waals surface area contributed by atoms with Crippen LogP contribution in [0.5, 0.6) is 11.5 Å². The number of ether oxygens (including phenoxy) is 2. The van der Waals surface area contributed by atoms with Crippen molar-refractivity contribution in [3.05, 3.63) is 48.0 Å². The Morgan fingerprint density at radius 3 is 2.75 bits per heavy atom. The van der Waals surface area contributed by atoms with Crippen LogP contribution in [0.2, 0.25) is 0 Å². The van der Waals surface area contributed by atoms with Gasteiger partial charge in [-0.1, -0.05) is 6.07 Å². The molecule has 0 fully saturated rings. The molecule has 0 saturated heterocycles. The Morgan fingerprint density at radius 1 is 1.08 bits per heavy atom. The number of nitrogens with zero attached hydrogens (tertiary/aromatic N) is 1. The lowest BCUT2D eigenvalue weighted by Gasteiger charge is -2.19. The zero-order chi connectivity index (χ0) is 16.8. The van der Waals surface area contributed by atoms with Gasteiger partial charge in [0.2, 0.25) is 5.91 Å². The molecule has 1 aliphatic heterocycles. The molecule has 0 spiro atoms. The van der Waals surface area contributed by atoms with Crippen molar-refractivity contribution in [3.63, 3.8) is 0 Å². The Bertz CT molecular complexity index is 783. The van der Waals surface area contributed by atoms with E-state index < -0.39 is 0 Å². The van der Waals surface area contributed by atoms with Crippen LogP contribution in [0.3, 0.4) is 0 Å². The number of rotatable bonds is 5. The molecule has 6 nitrogen and oxygen atoms in total. The zero-order valence-corrected chi connectivity index (χ0v) is 13.0. The number of nitriles is 1. The minimum absolute atomic E-state index is 0.116. The normalized spacial score (nSPS) is 12.1. The quantitative estimate of drug-likeness (QED) is 0.884. The Labute approximate surface area is 140 Å². The summed E-state index contributed by atoms with van der Waals surface area (Å²) in [5.74, 6) is 1.33. The topological polar surface area (TPSA) is 83.4 Å². The van der Waals surface area contributed by atoms with E-state index in [0.717, 1.165) is 11.4 Å². The van der Waals surface area contributed by atoms with Crippen molar-refractivity contribution in [2.24, 2.45) is 0 Å². The highest BCUT2D eigenvalue weighted by Crippen LogP contribution is 2.32. The molecule has 122 valence electrons. The summed E-state index contributed by atoms with van der Waals surface area (Å²) in [6.07, 6.45) is 0.311. The van der Waals surface area contributed by atoms with E-state index in [2.05, 4.69) is 10.6 Å². The van der Waals surface area contributed by atoms with E-state index >= 15 is 0 Å². The first-order valence-electron chi connectivity index (χ1n) is 7.68. The lowest BCUT2D eigenvalue weighted by Crippen LogP contribution is -2.17. The van der Waals surface area contributed by atoms with Crippen LogP contribution < -0.4 is 20.1 Å². The summed E-state index contributed by atoms with van der Waals surface area (Å²) in [7, 11) is 0. The van der Waals surface area contributed by atoms with Gasteiger partial charge < -0.3 is 20.1 Å². The predicted molar refractivity (Wildman–Crippen MR) is 90.3 cm³/mol. The van der Waals surface area contributed by atoms with E-state index in [4.69, 9.17) is 14.7 Å². The molecule has 2 N–H and O–H groups in total. The summed E-state index contributed by atoms with van der Waals surface area (Å²) >= 11 is 0. The lowest BCUT2D eigenvalue weighted by atomic mass is 10.2. The van der Waals surface area contributed by atoms with Crippen LogP contribution in [-0.4, -0.2) is 25.7 Å². The second-order valence-electron chi connectivity index (χ2n) is 5.28. The molecule has 1 amide bonds. The molecule has 0 saturated carbocycles. The number of hydrogen-bond donors (Lipinski definition) is 2. The van der Waals surface area contributed by atoms with Gasteiger partial charge in [0, 0.05) is 30.4 Å². The summed E-state index contributed by atoms with van der Waals surface area (Å²) < 4.78 is 11.0. The van der Waals surface area contributed by atoms with E-state index in [1.54, 1.807) is 24.3 Å².